The number of rotatable bonds is 4. The molecule has 1 fully saturated rings. The lowest BCUT2D eigenvalue weighted by atomic mass is 9.89. The van der Waals surface area contributed by atoms with Gasteiger partial charge in [0.05, 0.1) is 0 Å². The van der Waals surface area contributed by atoms with Crippen LogP contribution in [0, 0.1) is 5.92 Å². The van der Waals surface area contributed by atoms with E-state index in [4.69, 9.17) is 11.6 Å². The molecule has 0 spiro atoms. The van der Waals surface area contributed by atoms with Gasteiger partial charge in [-0.15, -0.1) is 0 Å². The van der Waals surface area contributed by atoms with Crippen LogP contribution in [-0.2, 0) is 0 Å². The molecule has 2 unspecified atom stereocenters. The van der Waals surface area contributed by atoms with Gasteiger partial charge in [0.15, 0.2) is 0 Å². The van der Waals surface area contributed by atoms with Crippen molar-refractivity contribution in [2.45, 2.75) is 25.3 Å². The highest BCUT2D eigenvalue weighted by Crippen LogP contribution is 2.25. The second-order valence-electron chi connectivity index (χ2n) is 4.84. The zero-order valence-electron chi connectivity index (χ0n) is 10.4. The lowest BCUT2D eigenvalue weighted by molar-refractivity contribution is 0.322. The molecule has 0 aromatic heterocycles. The molecule has 2 N–H and O–H groups in total. The molecule has 0 bridgehead atoms. The summed E-state index contributed by atoms with van der Waals surface area (Å²) in [6, 6.07) is 8.64. The van der Waals surface area contributed by atoms with Crippen molar-refractivity contribution in [1.82, 2.24) is 10.6 Å². The lowest BCUT2D eigenvalue weighted by Gasteiger charge is -2.27. The molecule has 0 aliphatic carbocycles. The van der Waals surface area contributed by atoms with Gasteiger partial charge in [0.2, 0.25) is 0 Å². The second-order valence-corrected chi connectivity index (χ2v) is 5.28. The van der Waals surface area contributed by atoms with Crippen molar-refractivity contribution in [3.63, 3.8) is 0 Å². The third-order valence-corrected chi connectivity index (χ3v) is 3.84. The largest absolute Gasteiger partial charge is 0.316 e. The van der Waals surface area contributed by atoms with E-state index in [2.05, 4.69) is 22.8 Å². The average Bonchev–Trinajstić information content (AvgIpc) is 2.38. The molecule has 1 saturated heterocycles. The van der Waals surface area contributed by atoms with E-state index in [0.29, 0.717) is 6.04 Å². The first kappa shape index (κ1) is 12.9. The summed E-state index contributed by atoms with van der Waals surface area (Å²) >= 11 is 5.92. The predicted molar refractivity (Wildman–Crippen MR) is 73.5 cm³/mol. The Bertz CT molecular complexity index is 331. The average molecular weight is 253 g/mol. The molecule has 3 heteroatoms. The van der Waals surface area contributed by atoms with Gasteiger partial charge in [-0.2, -0.15) is 0 Å². The molecule has 0 saturated carbocycles. The van der Waals surface area contributed by atoms with Crippen LogP contribution in [0.1, 0.15) is 30.9 Å². The summed E-state index contributed by atoms with van der Waals surface area (Å²) in [6.45, 7) is 2.34. The van der Waals surface area contributed by atoms with Crippen LogP contribution in [0.5, 0.6) is 0 Å². The smallest absolute Gasteiger partial charge is 0.0406 e. The Hall–Kier alpha value is -0.570. The van der Waals surface area contributed by atoms with Gasteiger partial charge in [-0.25, -0.2) is 0 Å². The summed E-state index contributed by atoms with van der Waals surface area (Å²) < 4.78 is 0. The van der Waals surface area contributed by atoms with Crippen molar-refractivity contribution < 1.29 is 0 Å². The molecular weight excluding hydrogens is 232 g/mol. The van der Waals surface area contributed by atoms with Crippen LogP contribution >= 0.6 is 11.6 Å². The Morgan fingerprint density at radius 2 is 2.18 bits per heavy atom. The van der Waals surface area contributed by atoms with E-state index in [-0.39, 0.29) is 0 Å². The van der Waals surface area contributed by atoms with Gasteiger partial charge in [0, 0.05) is 11.1 Å². The van der Waals surface area contributed by atoms with Gasteiger partial charge >= 0.3 is 0 Å². The van der Waals surface area contributed by atoms with Crippen LogP contribution < -0.4 is 10.6 Å². The van der Waals surface area contributed by atoms with E-state index in [0.717, 1.165) is 17.5 Å². The van der Waals surface area contributed by atoms with Crippen molar-refractivity contribution in [2.24, 2.45) is 5.92 Å². The highest BCUT2D eigenvalue weighted by molar-refractivity contribution is 6.30. The number of nitrogens with one attached hydrogen (secondary N) is 2. The van der Waals surface area contributed by atoms with Gasteiger partial charge in [0.25, 0.3) is 0 Å². The number of hydrogen-bond donors (Lipinski definition) is 2. The van der Waals surface area contributed by atoms with Crippen molar-refractivity contribution in [2.75, 3.05) is 20.1 Å². The van der Waals surface area contributed by atoms with Gasteiger partial charge in [-0.1, -0.05) is 23.7 Å². The van der Waals surface area contributed by atoms with Crippen molar-refractivity contribution in [3.8, 4) is 0 Å². The molecule has 0 amide bonds. The minimum atomic E-state index is 0.442. The van der Waals surface area contributed by atoms with E-state index < -0.39 is 0 Å². The SMILES string of the molecule is CNC(CC1CCCNC1)c1ccc(Cl)cc1. The van der Waals surface area contributed by atoms with Crippen LogP contribution in [0.3, 0.4) is 0 Å². The fourth-order valence-corrected chi connectivity index (χ4v) is 2.70. The molecule has 0 radical (unpaired) electrons. The Kier molecular flexibility index (Phi) is 4.84. The summed E-state index contributed by atoms with van der Waals surface area (Å²) in [7, 11) is 2.04. The molecule has 1 heterocycles. The van der Waals surface area contributed by atoms with Crippen molar-refractivity contribution >= 4 is 11.6 Å². The summed E-state index contributed by atoms with van der Waals surface area (Å²) in [5.41, 5.74) is 1.34. The van der Waals surface area contributed by atoms with Gasteiger partial charge in [0.1, 0.15) is 0 Å². The first-order valence-corrected chi connectivity index (χ1v) is 6.81. The van der Waals surface area contributed by atoms with Gasteiger partial charge in [-0.3, -0.25) is 0 Å². The molecule has 2 atom stereocenters. The molecule has 1 aliphatic heterocycles. The van der Waals surface area contributed by atoms with E-state index in [1.807, 2.05) is 19.2 Å². The maximum absolute atomic E-state index is 5.92. The lowest BCUT2D eigenvalue weighted by Crippen LogP contribution is -2.32. The highest BCUT2D eigenvalue weighted by Gasteiger charge is 2.18. The Morgan fingerprint density at radius 1 is 1.41 bits per heavy atom. The minimum Gasteiger partial charge on any atom is -0.316 e. The third kappa shape index (κ3) is 3.70. The quantitative estimate of drug-likeness (QED) is 0.861. The first-order chi connectivity index (χ1) is 8.29. The zero-order valence-corrected chi connectivity index (χ0v) is 11.1. The molecule has 2 nitrogen and oxygen atoms in total. The topological polar surface area (TPSA) is 24.1 Å². The van der Waals surface area contributed by atoms with Gasteiger partial charge < -0.3 is 10.6 Å². The Morgan fingerprint density at radius 3 is 2.76 bits per heavy atom. The monoisotopic (exact) mass is 252 g/mol. The summed E-state index contributed by atoms with van der Waals surface area (Å²) in [4.78, 5) is 0. The van der Waals surface area contributed by atoms with Gasteiger partial charge in [-0.05, 0) is 63.0 Å². The van der Waals surface area contributed by atoms with Crippen LogP contribution in [0.15, 0.2) is 24.3 Å². The number of piperidine rings is 1. The summed E-state index contributed by atoms with van der Waals surface area (Å²) in [6.07, 6.45) is 3.85. The van der Waals surface area contributed by atoms with Crippen molar-refractivity contribution in [3.05, 3.63) is 34.9 Å². The number of hydrogen-bond acceptors (Lipinski definition) is 2. The normalized spacial score (nSPS) is 22.4. The predicted octanol–water partition coefficient (Wildman–Crippen LogP) is 2.99. The third-order valence-electron chi connectivity index (χ3n) is 3.59. The molecule has 17 heavy (non-hydrogen) atoms. The zero-order chi connectivity index (χ0) is 12.1. The maximum atomic E-state index is 5.92. The number of benzene rings is 1. The Balaban J connectivity index is 1.97. The summed E-state index contributed by atoms with van der Waals surface area (Å²) in [5, 5.41) is 7.70. The van der Waals surface area contributed by atoms with Crippen LogP contribution in [-0.4, -0.2) is 20.1 Å². The molecule has 94 valence electrons. The van der Waals surface area contributed by atoms with E-state index in [1.165, 1.54) is 31.4 Å². The second kappa shape index (κ2) is 6.39. The molecule has 1 aromatic carbocycles. The fourth-order valence-electron chi connectivity index (χ4n) is 2.57. The van der Waals surface area contributed by atoms with E-state index in [9.17, 15) is 0 Å². The van der Waals surface area contributed by atoms with E-state index in [1.54, 1.807) is 0 Å². The van der Waals surface area contributed by atoms with Crippen LogP contribution in [0.25, 0.3) is 0 Å². The standard InChI is InChI=1S/C14H21ClN2/c1-16-14(9-11-3-2-8-17-10-11)12-4-6-13(15)7-5-12/h4-7,11,14,16-17H,2-3,8-10H2,1H3. The Labute approximate surface area is 109 Å². The number of halogens is 1. The first-order valence-electron chi connectivity index (χ1n) is 6.43. The molecular formula is C14H21ClN2. The highest BCUT2D eigenvalue weighted by atomic mass is 35.5. The molecule has 1 aliphatic rings. The van der Waals surface area contributed by atoms with E-state index >= 15 is 0 Å². The van der Waals surface area contributed by atoms with Crippen molar-refractivity contribution in [1.29, 1.82) is 0 Å². The van der Waals surface area contributed by atoms with Crippen LogP contribution in [0.4, 0.5) is 0 Å². The molecule has 1 aromatic rings. The minimum absolute atomic E-state index is 0.442. The van der Waals surface area contributed by atoms with Crippen LogP contribution in [0.2, 0.25) is 5.02 Å². The summed E-state index contributed by atoms with van der Waals surface area (Å²) in [5.74, 6) is 0.789. The molecule has 2 rings (SSSR count). The fraction of sp³-hybridized carbons (Fsp3) is 0.571. The maximum Gasteiger partial charge on any atom is 0.0406 e.